The van der Waals surface area contributed by atoms with Crippen molar-refractivity contribution in [2.45, 2.75) is 108 Å². The molecule has 1 aromatic carbocycles. The van der Waals surface area contributed by atoms with Crippen molar-refractivity contribution in [3.05, 3.63) is 23.8 Å². The Hall–Kier alpha value is -1.11. The van der Waals surface area contributed by atoms with Crippen LogP contribution in [0.4, 0.5) is 5.69 Å². The zero-order valence-electron chi connectivity index (χ0n) is 17.4. The molecule has 0 aliphatic carbocycles. The Balaban J connectivity index is 2.13. The molecule has 0 bridgehead atoms. The molecule has 1 rings (SSSR count). The van der Waals surface area contributed by atoms with Gasteiger partial charge in [0.1, 0.15) is 4.90 Å². The lowest BCUT2D eigenvalue weighted by Gasteiger charge is -2.14. The summed E-state index contributed by atoms with van der Waals surface area (Å²) in [5.74, 6) is 0. The van der Waals surface area contributed by atoms with Crippen LogP contribution >= 0.6 is 0 Å². The number of anilines is 1. The minimum absolute atomic E-state index is 0.0266. The Bertz CT molecular complexity index is 646. The maximum Gasteiger partial charge on any atom is 0.296 e. The average molecular weight is 414 g/mol. The van der Waals surface area contributed by atoms with Crippen LogP contribution in [0.5, 0.6) is 0 Å². The van der Waals surface area contributed by atoms with Crippen LogP contribution in [0.15, 0.2) is 23.1 Å². The highest BCUT2D eigenvalue weighted by molar-refractivity contribution is 7.86. The molecule has 0 saturated heterocycles. The fourth-order valence-electron chi connectivity index (χ4n) is 3.57. The van der Waals surface area contributed by atoms with Gasteiger partial charge in [-0.1, -0.05) is 96.1 Å². The average Bonchev–Trinajstić information content (AvgIpc) is 2.63. The predicted molar refractivity (Wildman–Crippen MR) is 116 cm³/mol. The molecule has 1 atom stereocenters. The monoisotopic (exact) mass is 413 g/mol. The van der Waals surface area contributed by atoms with Crippen LogP contribution in [-0.4, -0.2) is 24.2 Å². The lowest BCUT2D eigenvalue weighted by atomic mass is 10.0. The van der Waals surface area contributed by atoms with Crippen molar-refractivity contribution in [1.29, 1.82) is 0 Å². The lowest BCUT2D eigenvalue weighted by molar-refractivity contribution is 0.161. The van der Waals surface area contributed by atoms with Crippen LogP contribution in [0, 0.1) is 0 Å². The molecule has 1 aromatic rings. The van der Waals surface area contributed by atoms with E-state index in [1.165, 1.54) is 76.3 Å². The van der Waals surface area contributed by atoms with Crippen LogP contribution in [0.25, 0.3) is 0 Å². The summed E-state index contributed by atoms with van der Waals surface area (Å²) in [5, 5.41) is 10.2. The number of nitrogens with two attached hydrogens (primary N) is 1. The molecule has 0 aliphatic heterocycles. The van der Waals surface area contributed by atoms with Crippen LogP contribution < -0.4 is 5.73 Å². The number of aliphatic hydroxyl groups is 1. The van der Waals surface area contributed by atoms with E-state index in [1.54, 1.807) is 6.07 Å². The first-order valence-corrected chi connectivity index (χ1v) is 12.3. The van der Waals surface area contributed by atoms with Crippen molar-refractivity contribution in [1.82, 2.24) is 0 Å². The Morgan fingerprint density at radius 1 is 0.893 bits per heavy atom. The van der Waals surface area contributed by atoms with Gasteiger partial charge in [-0.15, -0.1) is 0 Å². The summed E-state index contributed by atoms with van der Waals surface area (Å²) in [6.45, 7) is 2.25. The minimum Gasteiger partial charge on any atom is -0.397 e. The summed E-state index contributed by atoms with van der Waals surface area (Å²) in [6.07, 6.45) is 15.7. The number of hydrogen-bond acceptors (Lipinski definition) is 4. The van der Waals surface area contributed by atoms with E-state index in [1.807, 2.05) is 0 Å². The van der Waals surface area contributed by atoms with Crippen LogP contribution in [0.1, 0.15) is 96.0 Å². The normalized spacial score (nSPS) is 13.0. The van der Waals surface area contributed by atoms with Gasteiger partial charge in [0.05, 0.1) is 11.8 Å². The topological polar surface area (TPSA) is 101 Å². The zero-order chi connectivity index (χ0) is 20.8. The maximum absolute atomic E-state index is 11.3. The summed E-state index contributed by atoms with van der Waals surface area (Å²) in [5.41, 5.74) is 6.42. The molecule has 28 heavy (non-hydrogen) atoms. The van der Waals surface area contributed by atoms with Gasteiger partial charge < -0.3 is 10.8 Å². The number of hydrogen-bond donors (Lipinski definition) is 3. The third-order valence-corrected chi connectivity index (χ3v) is 6.19. The van der Waals surface area contributed by atoms with Crippen molar-refractivity contribution in [3.63, 3.8) is 0 Å². The highest BCUT2D eigenvalue weighted by atomic mass is 32.2. The highest BCUT2D eigenvalue weighted by Crippen LogP contribution is 2.24. The largest absolute Gasteiger partial charge is 0.397 e. The zero-order valence-corrected chi connectivity index (χ0v) is 18.2. The molecule has 0 fully saturated rings. The maximum atomic E-state index is 11.3. The fourth-order valence-corrected chi connectivity index (χ4v) is 4.23. The van der Waals surface area contributed by atoms with Gasteiger partial charge in [-0.2, -0.15) is 8.42 Å². The Kier molecular flexibility index (Phi) is 12.4. The standard InChI is InChI=1S/C22H39NO4S/c1-2-3-4-5-6-7-8-9-10-11-12-13-16-20(24)18-19-15-14-17-21(22(19)23)28(25,26)27/h14-15,17,20,24H,2-13,16,18,23H2,1H3,(H,25,26,27). The van der Waals surface area contributed by atoms with E-state index < -0.39 is 16.2 Å². The summed E-state index contributed by atoms with van der Waals surface area (Å²) >= 11 is 0. The number of benzene rings is 1. The van der Waals surface area contributed by atoms with Gasteiger partial charge in [0.25, 0.3) is 10.1 Å². The van der Waals surface area contributed by atoms with E-state index in [0.717, 1.165) is 12.8 Å². The first-order valence-electron chi connectivity index (χ1n) is 10.9. The van der Waals surface area contributed by atoms with Gasteiger partial charge in [-0.05, 0) is 18.1 Å². The second-order valence-electron chi connectivity index (χ2n) is 7.84. The predicted octanol–water partition coefficient (Wildman–Crippen LogP) is 5.51. The first-order chi connectivity index (χ1) is 13.4. The fraction of sp³-hybridized carbons (Fsp3) is 0.727. The Labute approximate surface area is 171 Å². The lowest BCUT2D eigenvalue weighted by Crippen LogP contribution is -2.13. The first kappa shape index (κ1) is 24.9. The van der Waals surface area contributed by atoms with Crippen LogP contribution in [-0.2, 0) is 16.5 Å². The molecule has 0 aliphatic rings. The number of nitrogen functional groups attached to an aromatic ring is 1. The van der Waals surface area contributed by atoms with Crippen LogP contribution in [0.2, 0.25) is 0 Å². The SMILES string of the molecule is CCCCCCCCCCCCCCC(O)Cc1cccc(S(=O)(=O)O)c1N. The molecular formula is C22H39NO4S. The molecule has 0 amide bonds. The van der Waals surface area contributed by atoms with E-state index in [-0.39, 0.29) is 10.6 Å². The molecule has 0 aromatic heterocycles. The molecule has 0 radical (unpaired) electrons. The molecule has 0 spiro atoms. The molecule has 1 unspecified atom stereocenters. The smallest absolute Gasteiger partial charge is 0.296 e. The number of aliphatic hydroxyl groups excluding tert-OH is 1. The van der Waals surface area contributed by atoms with E-state index in [9.17, 15) is 18.1 Å². The summed E-state index contributed by atoms with van der Waals surface area (Å²) in [6, 6.07) is 4.49. The quantitative estimate of drug-likeness (QED) is 0.188. The van der Waals surface area contributed by atoms with Crippen molar-refractivity contribution in [2.75, 3.05) is 5.73 Å². The molecular weight excluding hydrogens is 374 g/mol. The number of para-hydroxylation sites is 1. The molecule has 4 N–H and O–H groups in total. The number of rotatable bonds is 16. The molecule has 5 nitrogen and oxygen atoms in total. The van der Waals surface area contributed by atoms with Gasteiger partial charge in [0.15, 0.2) is 0 Å². The van der Waals surface area contributed by atoms with Gasteiger partial charge in [0.2, 0.25) is 0 Å². The summed E-state index contributed by atoms with van der Waals surface area (Å²) in [7, 11) is -4.34. The molecule has 162 valence electrons. The van der Waals surface area contributed by atoms with E-state index in [4.69, 9.17) is 5.73 Å². The van der Waals surface area contributed by atoms with Crippen molar-refractivity contribution < 1.29 is 18.1 Å². The third kappa shape index (κ3) is 10.4. The van der Waals surface area contributed by atoms with Gasteiger partial charge in [-0.25, -0.2) is 0 Å². The number of unbranched alkanes of at least 4 members (excludes halogenated alkanes) is 11. The van der Waals surface area contributed by atoms with Crippen molar-refractivity contribution in [3.8, 4) is 0 Å². The molecule has 0 saturated carbocycles. The van der Waals surface area contributed by atoms with Crippen molar-refractivity contribution in [2.24, 2.45) is 0 Å². The highest BCUT2D eigenvalue weighted by Gasteiger charge is 2.17. The third-order valence-electron chi connectivity index (χ3n) is 5.28. The van der Waals surface area contributed by atoms with E-state index in [0.29, 0.717) is 18.4 Å². The van der Waals surface area contributed by atoms with E-state index >= 15 is 0 Å². The Morgan fingerprint density at radius 2 is 1.39 bits per heavy atom. The van der Waals surface area contributed by atoms with Crippen LogP contribution in [0.3, 0.4) is 0 Å². The van der Waals surface area contributed by atoms with Gasteiger partial charge in [-0.3, -0.25) is 4.55 Å². The minimum atomic E-state index is -4.34. The Morgan fingerprint density at radius 3 is 1.89 bits per heavy atom. The van der Waals surface area contributed by atoms with E-state index in [2.05, 4.69) is 6.92 Å². The summed E-state index contributed by atoms with van der Waals surface area (Å²) in [4.78, 5) is -0.289. The van der Waals surface area contributed by atoms with Crippen molar-refractivity contribution >= 4 is 15.8 Å². The van der Waals surface area contributed by atoms with Gasteiger partial charge >= 0.3 is 0 Å². The molecule has 0 heterocycles. The van der Waals surface area contributed by atoms with Gasteiger partial charge in [0, 0.05) is 6.42 Å². The summed E-state index contributed by atoms with van der Waals surface area (Å²) < 4.78 is 31.8. The molecule has 6 heteroatoms. The second kappa shape index (κ2) is 14.0. The second-order valence-corrected chi connectivity index (χ2v) is 9.23.